The standard InChI is InChI=1S/C5H11Cl.Sn.4H/c1-2-3-4-5-6;;;;;/h2-5H2,1H3;;;;;. The van der Waals surface area contributed by atoms with Crippen molar-refractivity contribution in [1.29, 1.82) is 0 Å². The van der Waals surface area contributed by atoms with Crippen LogP contribution in [0, 0.1) is 0 Å². The van der Waals surface area contributed by atoms with Crippen molar-refractivity contribution in [1.82, 2.24) is 0 Å². The van der Waals surface area contributed by atoms with Crippen molar-refractivity contribution in [3.63, 3.8) is 0 Å². The second-order valence-electron chi connectivity index (χ2n) is 1.40. The molecule has 46 valence electrons. The van der Waals surface area contributed by atoms with Crippen LogP contribution in [0.15, 0.2) is 0 Å². The molecule has 0 aliphatic carbocycles. The van der Waals surface area contributed by atoms with E-state index in [-0.39, 0.29) is 23.9 Å². The van der Waals surface area contributed by atoms with Gasteiger partial charge >= 0.3 is 23.9 Å². The van der Waals surface area contributed by atoms with Crippen molar-refractivity contribution in [2.75, 3.05) is 5.88 Å². The Labute approximate surface area is 67.6 Å². The van der Waals surface area contributed by atoms with Crippen molar-refractivity contribution in [3.05, 3.63) is 0 Å². The zero-order valence-corrected chi connectivity index (χ0v) is 4.96. The number of rotatable bonds is 3. The third-order valence-electron chi connectivity index (χ3n) is 0.737. The third-order valence-corrected chi connectivity index (χ3v) is 1.00. The average molecular weight is 229 g/mol. The number of unbranched alkanes of at least 4 members (excludes halogenated alkanes) is 2. The Bertz CT molecular complexity index is 20.0. The molecule has 2 heteroatoms. The number of hydrogen-bond donors (Lipinski definition) is 0. The van der Waals surface area contributed by atoms with E-state index in [1.807, 2.05) is 0 Å². The van der Waals surface area contributed by atoms with Gasteiger partial charge < -0.3 is 0 Å². The average Bonchev–Trinajstić information content (AvgIpc) is 1.61. The second kappa shape index (κ2) is 10.1. The molecule has 0 unspecified atom stereocenters. The molecule has 0 saturated carbocycles. The van der Waals surface area contributed by atoms with Gasteiger partial charge in [-0.15, -0.1) is 11.6 Å². The molecule has 0 aliphatic heterocycles. The summed E-state index contributed by atoms with van der Waals surface area (Å²) < 4.78 is 0. The Morgan fingerprint density at radius 1 is 1.29 bits per heavy atom. The van der Waals surface area contributed by atoms with E-state index in [0.29, 0.717) is 0 Å². The van der Waals surface area contributed by atoms with Crippen LogP contribution in [0.1, 0.15) is 26.2 Å². The van der Waals surface area contributed by atoms with Crippen molar-refractivity contribution in [3.8, 4) is 0 Å². The summed E-state index contributed by atoms with van der Waals surface area (Å²) in [4.78, 5) is 0. The van der Waals surface area contributed by atoms with E-state index >= 15 is 0 Å². The minimum atomic E-state index is 0. The number of alkyl halides is 1. The first kappa shape index (κ1) is 11.0. The summed E-state index contributed by atoms with van der Waals surface area (Å²) in [7, 11) is 0. The Morgan fingerprint density at radius 2 is 1.86 bits per heavy atom. The number of hydrogen-bond acceptors (Lipinski definition) is 0. The van der Waals surface area contributed by atoms with Crippen LogP contribution in [-0.4, -0.2) is 29.8 Å². The molecular formula is C5H15ClSn. The fourth-order valence-corrected chi connectivity index (χ4v) is 0.533. The normalized spacial score (nSPS) is 7.71. The first-order chi connectivity index (χ1) is 2.91. The van der Waals surface area contributed by atoms with E-state index in [1.54, 1.807) is 0 Å². The fourth-order valence-electron chi connectivity index (χ4n) is 0.344. The van der Waals surface area contributed by atoms with E-state index < -0.39 is 0 Å². The van der Waals surface area contributed by atoms with Gasteiger partial charge in [0.05, 0.1) is 0 Å². The molecule has 0 aromatic heterocycles. The predicted molar refractivity (Wildman–Crippen MR) is 41.6 cm³/mol. The van der Waals surface area contributed by atoms with Gasteiger partial charge in [-0.1, -0.05) is 19.8 Å². The molecule has 0 nitrogen and oxygen atoms in total. The molecule has 0 N–H and O–H groups in total. The van der Waals surface area contributed by atoms with Gasteiger partial charge in [0.25, 0.3) is 0 Å². The van der Waals surface area contributed by atoms with Crippen LogP contribution in [-0.2, 0) is 0 Å². The van der Waals surface area contributed by atoms with Crippen molar-refractivity contribution in [2.45, 2.75) is 26.2 Å². The molecule has 0 aliphatic rings. The van der Waals surface area contributed by atoms with Gasteiger partial charge in [-0.3, -0.25) is 0 Å². The van der Waals surface area contributed by atoms with E-state index in [0.717, 1.165) is 5.88 Å². The van der Waals surface area contributed by atoms with Crippen molar-refractivity contribution >= 4 is 35.5 Å². The zero-order valence-electron chi connectivity index (χ0n) is 4.21. The van der Waals surface area contributed by atoms with Crippen LogP contribution in [0.3, 0.4) is 0 Å². The van der Waals surface area contributed by atoms with Crippen LogP contribution >= 0.6 is 11.6 Å². The molecule has 0 rings (SSSR count). The molecular weight excluding hydrogens is 214 g/mol. The summed E-state index contributed by atoms with van der Waals surface area (Å²) in [5.74, 6) is 0.827. The molecule has 0 atom stereocenters. The number of halogens is 1. The zero-order chi connectivity index (χ0) is 4.83. The first-order valence-electron chi connectivity index (χ1n) is 2.47. The second-order valence-corrected chi connectivity index (χ2v) is 1.77. The van der Waals surface area contributed by atoms with Crippen LogP contribution in [0.4, 0.5) is 0 Å². The fraction of sp³-hybridized carbons (Fsp3) is 1.00. The van der Waals surface area contributed by atoms with E-state index in [4.69, 9.17) is 11.6 Å². The SMILES string of the molecule is CCCCCCl.[SnH4]. The Balaban J connectivity index is 0. The Morgan fingerprint density at radius 3 is 2.00 bits per heavy atom. The van der Waals surface area contributed by atoms with E-state index in [2.05, 4.69) is 6.92 Å². The van der Waals surface area contributed by atoms with Gasteiger partial charge in [0.2, 0.25) is 0 Å². The van der Waals surface area contributed by atoms with Gasteiger partial charge in [-0.05, 0) is 6.42 Å². The Hall–Kier alpha value is 1.09. The molecule has 7 heavy (non-hydrogen) atoms. The topological polar surface area (TPSA) is 0 Å². The molecule has 0 fully saturated rings. The predicted octanol–water partition coefficient (Wildman–Crippen LogP) is 0.964. The molecule has 0 saturated heterocycles. The van der Waals surface area contributed by atoms with Crippen LogP contribution in [0.25, 0.3) is 0 Å². The molecule has 0 bridgehead atoms. The van der Waals surface area contributed by atoms with Crippen molar-refractivity contribution < 1.29 is 0 Å². The molecule has 0 aromatic rings. The van der Waals surface area contributed by atoms with Gasteiger partial charge in [-0.2, -0.15) is 0 Å². The third kappa shape index (κ3) is 11.0. The summed E-state index contributed by atoms with van der Waals surface area (Å²) in [6, 6.07) is 0. The van der Waals surface area contributed by atoms with Gasteiger partial charge in [0, 0.05) is 5.88 Å². The molecule has 0 spiro atoms. The molecule has 0 aromatic carbocycles. The quantitative estimate of drug-likeness (QED) is 0.384. The van der Waals surface area contributed by atoms with Gasteiger partial charge in [-0.25, -0.2) is 0 Å². The van der Waals surface area contributed by atoms with Crippen LogP contribution in [0.2, 0.25) is 0 Å². The van der Waals surface area contributed by atoms with Gasteiger partial charge in [0.15, 0.2) is 0 Å². The van der Waals surface area contributed by atoms with E-state index in [9.17, 15) is 0 Å². The summed E-state index contributed by atoms with van der Waals surface area (Å²) in [5, 5.41) is 0. The maximum atomic E-state index is 5.38. The van der Waals surface area contributed by atoms with Crippen LogP contribution in [0.5, 0.6) is 0 Å². The van der Waals surface area contributed by atoms with Crippen LogP contribution < -0.4 is 0 Å². The first-order valence-corrected chi connectivity index (χ1v) is 3.01. The summed E-state index contributed by atoms with van der Waals surface area (Å²) >= 11 is 5.38. The van der Waals surface area contributed by atoms with Crippen molar-refractivity contribution in [2.24, 2.45) is 0 Å². The summed E-state index contributed by atoms with van der Waals surface area (Å²) in [6.45, 7) is 2.17. The van der Waals surface area contributed by atoms with Gasteiger partial charge in [0.1, 0.15) is 0 Å². The minimum absolute atomic E-state index is 0. The molecule has 0 heterocycles. The monoisotopic (exact) mass is 230 g/mol. The van der Waals surface area contributed by atoms with E-state index in [1.165, 1.54) is 19.3 Å². The Kier molecular flexibility index (Phi) is 15.9. The molecule has 0 amide bonds. The molecule has 0 radical (unpaired) electrons. The summed E-state index contributed by atoms with van der Waals surface area (Å²) in [6.07, 6.45) is 3.73. The summed E-state index contributed by atoms with van der Waals surface area (Å²) in [5.41, 5.74) is 0. The maximum absolute atomic E-state index is 5.38.